The van der Waals surface area contributed by atoms with Gasteiger partial charge in [0.05, 0.1) is 5.41 Å². The average Bonchev–Trinajstić information content (AvgIpc) is 3.45. The van der Waals surface area contributed by atoms with Crippen LogP contribution in [0, 0.1) is 3.83 Å². The second-order valence-electron chi connectivity index (χ2n) is 9.73. The molecule has 0 N–H and O–H groups in total. The van der Waals surface area contributed by atoms with E-state index in [1.807, 2.05) is 30.3 Å². The summed E-state index contributed by atoms with van der Waals surface area (Å²) < 4.78 is 0.682. The second-order valence-corrected chi connectivity index (χ2v) is 10.7. The van der Waals surface area contributed by atoms with E-state index in [0.717, 1.165) is 11.1 Å². The highest BCUT2D eigenvalue weighted by Crippen LogP contribution is 2.63. The number of benzene rings is 5. The molecule has 3 nitrogen and oxygen atoms in total. The molecule has 1 spiro atoms. The smallest absolute Gasteiger partial charge is 0.194 e. The molecule has 0 saturated carbocycles. The Morgan fingerprint density at radius 2 is 0.921 bits per heavy atom. The molecule has 8 rings (SSSR count). The van der Waals surface area contributed by atoms with Crippen LogP contribution in [0.1, 0.15) is 22.3 Å². The van der Waals surface area contributed by atoms with E-state index in [1.54, 1.807) is 0 Å². The van der Waals surface area contributed by atoms with E-state index in [4.69, 9.17) is 9.97 Å². The van der Waals surface area contributed by atoms with Crippen LogP contribution in [0.4, 0.5) is 0 Å². The summed E-state index contributed by atoms with van der Waals surface area (Å²) >= 11 is 2.20. The fraction of sp³-hybridized carbons (Fsp3) is 0.0294. The van der Waals surface area contributed by atoms with E-state index < -0.39 is 0 Å². The van der Waals surface area contributed by atoms with Gasteiger partial charge in [-0.05, 0) is 44.5 Å². The van der Waals surface area contributed by atoms with Crippen molar-refractivity contribution >= 4 is 22.6 Å². The van der Waals surface area contributed by atoms with Crippen LogP contribution in [0.25, 0.3) is 45.0 Å². The largest absolute Gasteiger partial charge is 0.208 e. The molecule has 0 aliphatic heterocycles. The van der Waals surface area contributed by atoms with Crippen LogP contribution in [0.5, 0.6) is 0 Å². The first-order chi connectivity index (χ1) is 18.8. The van der Waals surface area contributed by atoms with E-state index in [2.05, 4.69) is 119 Å². The van der Waals surface area contributed by atoms with Crippen LogP contribution in [0.2, 0.25) is 0 Å². The van der Waals surface area contributed by atoms with Crippen molar-refractivity contribution in [2.45, 2.75) is 5.41 Å². The van der Waals surface area contributed by atoms with Crippen molar-refractivity contribution in [2.24, 2.45) is 0 Å². The van der Waals surface area contributed by atoms with Crippen LogP contribution in [-0.4, -0.2) is 15.0 Å². The summed E-state index contributed by atoms with van der Waals surface area (Å²) in [5.41, 5.74) is 11.9. The zero-order valence-electron chi connectivity index (χ0n) is 20.3. The molecule has 5 aromatic carbocycles. The van der Waals surface area contributed by atoms with Crippen molar-refractivity contribution in [3.8, 4) is 45.0 Å². The van der Waals surface area contributed by atoms with Gasteiger partial charge in [-0.1, -0.05) is 121 Å². The van der Waals surface area contributed by atoms with Crippen molar-refractivity contribution in [3.63, 3.8) is 0 Å². The van der Waals surface area contributed by atoms with Crippen LogP contribution < -0.4 is 0 Å². The predicted molar refractivity (Wildman–Crippen MR) is 160 cm³/mol. The Balaban J connectivity index is 1.47. The fourth-order valence-corrected chi connectivity index (χ4v) is 6.97. The number of hydrogen-bond acceptors (Lipinski definition) is 3. The highest BCUT2D eigenvalue weighted by molar-refractivity contribution is 14.1. The minimum atomic E-state index is -0.377. The summed E-state index contributed by atoms with van der Waals surface area (Å²) in [6.45, 7) is 0. The Bertz CT molecular complexity index is 1850. The molecule has 0 unspecified atom stereocenters. The van der Waals surface area contributed by atoms with Crippen LogP contribution in [-0.2, 0) is 5.41 Å². The van der Waals surface area contributed by atoms with E-state index in [1.165, 1.54) is 44.5 Å². The number of rotatable bonds is 2. The molecule has 1 aromatic heterocycles. The van der Waals surface area contributed by atoms with Gasteiger partial charge in [-0.25, -0.2) is 15.0 Å². The molecule has 2 aliphatic carbocycles. The van der Waals surface area contributed by atoms with E-state index in [-0.39, 0.29) is 5.41 Å². The van der Waals surface area contributed by atoms with Gasteiger partial charge in [0, 0.05) is 33.7 Å². The van der Waals surface area contributed by atoms with Gasteiger partial charge in [0.15, 0.2) is 15.5 Å². The first-order valence-electron chi connectivity index (χ1n) is 12.7. The minimum Gasteiger partial charge on any atom is -0.208 e. The van der Waals surface area contributed by atoms with Gasteiger partial charge in [-0.3, -0.25) is 0 Å². The lowest BCUT2D eigenvalue weighted by molar-refractivity contribution is 0.794. The third kappa shape index (κ3) is 2.86. The summed E-state index contributed by atoms with van der Waals surface area (Å²) in [4.78, 5) is 14.5. The molecule has 4 heteroatoms. The Morgan fingerprint density at radius 3 is 1.61 bits per heavy atom. The molecule has 38 heavy (non-hydrogen) atoms. The highest BCUT2D eigenvalue weighted by atomic mass is 127. The van der Waals surface area contributed by atoms with Crippen LogP contribution in [0.3, 0.4) is 0 Å². The molecule has 178 valence electrons. The highest BCUT2D eigenvalue weighted by Gasteiger charge is 2.52. The zero-order chi connectivity index (χ0) is 25.3. The van der Waals surface area contributed by atoms with Gasteiger partial charge in [0.25, 0.3) is 0 Å². The Morgan fingerprint density at radius 1 is 0.421 bits per heavy atom. The summed E-state index contributed by atoms with van der Waals surface area (Å²) in [7, 11) is 0. The Kier molecular flexibility index (Phi) is 4.70. The summed E-state index contributed by atoms with van der Waals surface area (Å²) in [5, 5.41) is 0. The molecular weight excluding hydrogens is 577 g/mol. The number of nitrogens with zero attached hydrogens (tertiary/aromatic N) is 3. The number of fused-ring (bicyclic) bond motifs is 10. The van der Waals surface area contributed by atoms with E-state index >= 15 is 0 Å². The molecule has 1 heterocycles. The standard InChI is InChI=1S/C34H20IN3/c35-33-37-31(21-11-2-1-3-12-21)36-32(38-33)25-16-10-20-29-30(25)24-15-6-9-19-28(24)34(29)26-17-7-4-13-22(26)23-14-5-8-18-27(23)34/h1-20H. The first-order valence-corrected chi connectivity index (χ1v) is 13.7. The summed E-state index contributed by atoms with van der Waals surface area (Å²) in [5.74, 6) is 1.39. The van der Waals surface area contributed by atoms with Gasteiger partial charge in [0.1, 0.15) is 0 Å². The zero-order valence-corrected chi connectivity index (χ0v) is 22.4. The van der Waals surface area contributed by atoms with Crippen molar-refractivity contribution < 1.29 is 0 Å². The van der Waals surface area contributed by atoms with Crippen molar-refractivity contribution in [1.82, 2.24) is 15.0 Å². The van der Waals surface area contributed by atoms with Gasteiger partial charge < -0.3 is 0 Å². The molecule has 0 saturated heterocycles. The maximum Gasteiger partial charge on any atom is 0.194 e. The molecule has 0 atom stereocenters. The van der Waals surface area contributed by atoms with Crippen molar-refractivity contribution in [3.05, 3.63) is 147 Å². The lowest BCUT2D eigenvalue weighted by atomic mass is 9.70. The lowest BCUT2D eigenvalue weighted by Crippen LogP contribution is -2.25. The molecule has 0 radical (unpaired) electrons. The Hall–Kier alpha value is -4.16. The monoisotopic (exact) mass is 597 g/mol. The van der Waals surface area contributed by atoms with Crippen LogP contribution in [0.15, 0.2) is 121 Å². The molecule has 0 amide bonds. The third-order valence-electron chi connectivity index (χ3n) is 7.90. The van der Waals surface area contributed by atoms with Gasteiger partial charge >= 0.3 is 0 Å². The molecule has 0 fully saturated rings. The van der Waals surface area contributed by atoms with E-state index in [9.17, 15) is 0 Å². The summed E-state index contributed by atoms with van der Waals surface area (Å²) in [6.07, 6.45) is 0. The summed E-state index contributed by atoms with van der Waals surface area (Å²) in [6, 6.07) is 43.3. The average molecular weight is 597 g/mol. The SMILES string of the molecule is Ic1nc(-c2ccccc2)nc(-c2cccc3c2-c2ccccc2C32c3ccccc3-c3ccccc32)n1. The topological polar surface area (TPSA) is 38.7 Å². The molecule has 0 bridgehead atoms. The van der Waals surface area contributed by atoms with Crippen molar-refractivity contribution in [2.75, 3.05) is 0 Å². The number of halogens is 1. The maximum absolute atomic E-state index is 5.00. The van der Waals surface area contributed by atoms with Crippen molar-refractivity contribution in [1.29, 1.82) is 0 Å². The number of hydrogen-bond donors (Lipinski definition) is 0. The van der Waals surface area contributed by atoms with Gasteiger partial charge in [-0.2, -0.15) is 0 Å². The Labute approximate surface area is 234 Å². The first kappa shape index (κ1) is 21.9. The van der Waals surface area contributed by atoms with Gasteiger partial charge in [0.2, 0.25) is 0 Å². The normalized spacial score (nSPS) is 13.6. The quantitative estimate of drug-likeness (QED) is 0.189. The third-order valence-corrected chi connectivity index (χ3v) is 8.38. The minimum absolute atomic E-state index is 0.377. The molecule has 6 aromatic rings. The van der Waals surface area contributed by atoms with Gasteiger partial charge in [-0.15, -0.1) is 0 Å². The number of aromatic nitrogens is 3. The van der Waals surface area contributed by atoms with E-state index in [0.29, 0.717) is 15.5 Å². The molecular formula is C34H20IN3. The fourth-order valence-electron chi connectivity index (χ4n) is 6.52. The second kappa shape index (κ2) is 8.17. The lowest BCUT2D eigenvalue weighted by Gasteiger charge is -2.30. The maximum atomic E-state index is 5.00. The van der Waals surface area contributed by atoms with Crippen LogP contribution >= 0.6 is 22.6 Å². The molecule has 2 aliphatic rings. The predicted octanol–water partition coefficient (Wildman–Crippen LogP) is 8.15.